The van der Waals surface area contributed by atoms with Gasteiger partial charge < -0.3 is 10.6 Å². The Morgan fingerprint density at radius 3 is 2.52 bits per heavy atom. The fourth-order valence-electron chi connectivity index (χ4n) is 3.01. The lowest BCUT2D eigenvalue weighted by Gasteiger charge is -2.22. The third-order valence-electron chi connectivity index (χ3n) is 4.70. The van der Waals surface area contributed by atoms with Gasteiger partial charge in [0.05, 0.1) is 10.6 Å². The number of nitro benzene ring substituents is 1. The Morgan fingerprint density at radius 1 is 1.24 bits per heavy atom. The number of anilines is 1. The molecule has 9 nitrogen and oxygen atoms in total. The van der Waals surface area contributed by atoms with Crippen LogP contribution in [0.2, 0.25) is 5.02 Å². The second kappa shape index (κ2) is 7.51. The van der Waals surface area contributed by atoms with Crippen molar-refractivity contribution in [3.05, 3.63) is 68.7 Å². The molecule has 1 saturated heterocycles. The molecule has 1 heterocycles. The minimum atomic E-state index is -1.33. The number of benzene rings is 2. The quantitative estimate of drug-likeness (QED) is 0.441. The van der Waals surface area contributed by atoms with Crippen LogP contribution in [-0.4, -0.2) is 34.2 Å². The van der Waals surface area contributed by atoms with Gasteiger partial charge in [-0.1, -0.05) is 29.8 Å². The summed E-state index contributed by atoms with van der Waals surface area (Å²) in [6, 6.07) is 9.77. The molecule has 1 fully saturated rings. The van der Waals surface area contributed by atoms with Crippen LogP contribution in [0.3, 0.4) is 0 Å². The Balaban J connectivity index is 1.77. The van der Waals surface area contributed by atoms with Crippen molar-refractivity contribution in [2.75, 3.05) is 11.9 Å². The maximum Gasteiger partial charge on any atom is 0.325 e. The highest BCUT2D eigenvalue weighted by atomic mass is 35.5. The minimum Gasteiger partial charge on any atom is -0.324 e. The fourth-order valence-corrected chi connectivity index (χ4v) is 3.14. The molecule has 4 amide bonds. The predicted octanol–water partition coefficient (Wildman–Crippen LogP) is 2.96. The first-order valence-electron chi connectivity index (χ1n) is 8.57. The number of non-ortho nitro benzene ring substituents is 1. The number of urea groups is 1. The third kappa shape index (κ3) is 3.90. The van der Waals surface area contributed by atoms with Crippen LogP contribution in [0.25, 0.3) is 0 Å². The number of nitro groups is 1. The van der Waals surface area contributed by atoms with Crippen molar-refractivity contribution >= 4 is 40.8 Å². The topological polar surface area (TPSA) is 122 Å². The average molecular weight is 417 g/mol. The summed E-state index contributed by atoms with van der Waals surface area (Å²) >= 11 is 5.87. The summed E-state index contributed by atoms with van der Waals surface area (Å²) in [5.74, 6) is -1.24. The van der Waals surface area contributed by atoms with Crippen molar-refractivity contribution < 1.29 is 19.3 Å². The van der Waals surface area contributed by atoms with Crippen LogP contribution in [0.5, 0.6) is 0 Å². The number of rotatable bonds is 5. The molecule has 0 spiro atoms. The Bertz CT molecular complexity index is 1020. The van der Waals surface area contributed by atoms with Crippen LogP contribution in [-0.2, 0) is 15.1 Å². The van der Waals surface area contributed by atoms with E-state index in [0.29, 0.717) is 16.1 Å². The van der Waals surface area contributed by atoms with E-state index in [0.717, 1.165) is 4.90 Å². The number of hydrogen-bond acceptors (Lipinski definition) is 5. The summed E-state index contributed by atoms with van der Waals surface area (Å²) < 4.78 is 0. The summed E-state index contributed by atoms with van der Waals surface area (Å²) in [4.78, 5) is 48.8. The van der Waals surface area contributed by atoms with E-state index in [1.165, 1.54) is 18.2 Å². The number of carbonyl (C=O) groups excluding carboxylic acids is 3. The van der Waals surface area contributed by atoms with E-state index in [1.54, 1.807) is 38.1 Å². The van der Waals surface area contributed by atoms with Crippen LogP contribution in [0.1, 0.15) is 18.1 Å². The molecule has 2 aromatic rings. The molecule has 0 aliphatic carbocycles. The van der Waals surface area contributed by atoms with Crippen molar-refractivity contribution in [3.63, 3.8) is 0 Å². The number of nitrogens with zero attached hydrogens (tertiary/aromatic N) is 2. The van der Waals surface area contributed by atoms with Gasteiger partial charge in [0.1, 0.15) is 12.1 Å². The molecule has 2 aromatic carbocycles. The van der Waals surface area contributed by atoms with Gasteiger partial charge in [0.2, 0.25) is 5.91 Å². The van der Waals surface area contributed by atoms with Gasteiger partial charge in [-0.2, -0.15) is 0 Å². The van der Waals surface area contributed by atoms with Crippen molar-refractivity contribution in [1.29, 1.82) is 0 Å². The van der Waals surface area contributed by atoms with Gasteiger partial charge in [0.25, 0.3) is 11.6 Å². The number of aryl methyl sites for hydroxylation is 1. The highest BCUT2D eigenvalue weighted by molar-refractivity contribution is 6.30. The van der Waals surface area contributed by atoms with E-state index in [2.05, 4.69) is 10.6 Å². The van der Waals surface area contributed by atoms with E-state index < -0.39 is 34.9 Å². The predicted molar refractivity (Wildman–Crippen MR) is 106 cm³/mol. The zero-order chi connectivity index (χ0) is 21.3. The summed E-state index contributed by atoms with van der Waals surface area (Å²) in [6.45, 7) is 2.68. The van der Waals surface area contributed by atoms with E-state index in [1.807, 2.05) is 0 Å². The summed E-state index contributed by atoms with van der Waals surface area (Å²) in [7, 11) is 0. The van der Waals surface area contributed by atoms with Gasteiger partial charge in [-0.3, -0.25) is 24.6 Å². The zero-order valence-electron chi connectivity index (χ0n) is 15.6. The number of halogens is 1. The number of nitrogens with one attached hydrogen (secondary N) is 2. The molecular weight excluding hydrogens is 400 g/mol. The summed E-state index contributed by atoms with van der Waals surface area (Å²) in [6.07, 6.45) is 0. The van der Waals surface area contributed by atoms with Crippen LogP contribution in [0, 0.1) is 17.0 Å². The molecule has 0 saturated carbocycles. The second-order valence-corrected chi connectivity index (χ2v) is 7.19. The van der Waals surface area contributed by atoms with Crippen molar-refractivity contribution in [3.8, 4) is 0 Å². The Kier molecular flexibility index (Phi) is 5.25. The molecule has 150 valence electrons. The zero-order valence-corrected chi connectivity index (χ0v) is 16.3. The number of carbonyl (C=O) groups is 3. The third-order valence-corrected chi connectivity index (χ3v) is 4.96. The molecule has 1 aliphatic rings. The SMILES string of the molecule is Cc1ccc([N+](=O)[O-])cc1NC(=O)CN1C(=O)NC(C)(c2ccc(Cl)cc2)C1=O. The molecule has 3 rings (SSSR count). The monoisotopic (exact) mass is 416 g/mol. The number of hydrogen-bond donors (Lipinski definition) is 2. The van der Waals surface area contributed by atoms with Gasteiger partial charge >= 0.3 is 6.03 Å². The van der Waals surface area contributed by atoms with Crippen LogP contribution in [0.15, 0.2) is 42.5 Å². The first kappa shape index (κ1) is 20.3. The van der Waals surface area contributed by atoms with Gasteiger partial charge in [0, 0.05) is 17.2 Å². The van der Waals surface area contributed by atoms with Gasteiger partial charge in [-0.05, 0) is 37.1 Å². The first-order chi connectivity index (χ1) is 13.6. The average Bonchev–Trinajstić information content (AvgIpc) is 2.88. The van der Waals surface area contributed by atoms with Crippen LogP contribution < -0.4 is 10.6 Å². The van der Waals surface area contributed by atoms with E-state index in [4.69, 9.17) is 11.6 Å². The Morgan fingerprint density at radius 2 is 1.90 bits per heavy atom. The lowest BCUT2D eigenvalue weighted by atomic mass is 9.92. The highest BCUT2D eigenvalue weighted by Crippen LogP contribution is 2.29. The van der Waals surface area contributed by atoms with Crippen molar-refractivity contribution in [2.45, 2.75) is 19.4 Å². The Hall–Kier alpha value is -3.46. The number of amides is 4. The molecule has 29 heavy (non-hydrogen) atoms. The Labute approximate surface area is 170 Å². The number of imide groups is 1. The van der Waals surface area contributed by atoms with Gasteiger partial charge in [0.15, 0.2) is 0 Å². The fraction of sp³-hybridized carbons (Fsp3) is 0.211. The maximum atomic E-state index is 12.9. The minimum absolute atomic E-state index is 0.184. The molecule has 10 heteroatoms. The van der Waals surface area contributed by atoms with Gasteiger partial charge in [-0.15, -0.1) is 0 Å². The van der Waals surface area contributed by atoms with E-state index in [-0.39, 0.29) is 11.4 Å². The normalized spacial score (nSPS) is 18.5. The molecule has 1 unspecified atom stereocenters. The molecule has 0 bridgehead atoms. The summed E-state index contributed by atoms with van der Waals surface area (Å²) in [5, 5.41) is 16.5. The maximum absolute atomic E-state index is 12.9. The smallest absolute Gasteiger partial charge is 0.324 e. The largest absolute Gasteiger partial charge is 0.325 e. The second-order valence-electron chi connectivity index (χ2n) is 6.76. The summed E-state index contributed by atoms with van der Waals surface area (Å²) in [5.41, 5.74) is -0.151. The van der Waals surface area contributed by atoms with E-state index >= 15 is 0 Å². The van der Waals surface area contributed by atoms with Crippen LogP contribution in [0.4, 0.5) is 16.2 Å². The van der Waals surface area contributed by atoms with Crippen molar-refractivity contribution in [2.24, 2.45) is 0 Å². The molecule has 0 radical (unpaired) electrons. The molecule has 2 N–H and O–H groups in total. The lowest BCUT2D eigenvalue weighted by Crippen LogP contribution is -2.42. The van der Waals surface area contributed by atoms with Gasteiger partial charge in [-0.25, -0.2) is 4.79 Å². The molecular formula is C19H17ClN4O5. The molecule has 1 aliphatic heterocycles. The van der Waals surface area contributed by atoms with Crippen LogP contribution >= 0.6 is 11.6 Å². The van der Waals surface area contributed by atoms with E-state index in [9.17, 15) is 24.5 Å². The lowest BCUT2D eigenvalue weighted by molar-refractivity contribution is -0.384. The molecule has 1 atom stereocenters. The van der Waals surface area contributed by atoms with Crippen molar-refractivity contribution in [1.82, 2.24) is 10.2 Å². The molecule has 0 aromatic heterocycles. The first-order valence-corrected chi connectivity index (χ1v) is 8.94. The highest BCUT2D eigenvalue weighted by Gasteiger charge is 2.49. The standard InChI is InChI=1S/C19H17ClN4O5/c1-11-3-8-14(24(28)29)9-15(11)21-16(25)10-23-17(26)19(2,22-18(23)27)12-4-6-13(20)7-5-12/h3-9H,10H2,1-2H3,(H,21,25)(H,22,27).